The molecule has 156 valence electrons. The van der Waals surface area contributed by atoms with E-state index in [9.17, 15) is 4.79 Å². The highest BCUT2D eigenvalue weighted by atomic mass is 32.2. The van der Waals surface area contributed by atoms with Gasteiger partial charge in [-0.1, -0.05) is 72.4 Å². The molecule has 6 nitrogen and oxygen atoms in total. The van der Waals surface area contributed by atoms with Gasteiger partial charge in [0.05, 0.1) is 12.0 Å². The van der Waals surface area contributed by atoms with Gasteiger partial charge < -0.3 is 14.8 Å². The van der Waals surface area contributed by atoms with Crippen LogP contribution in [0.3, 0.4) is 0 Å². The summed E-state index contributed by atoms with van der Waals surface area (Å²) in [5.74, 6) is 1.65. The minimum absolute atomic E-state index is 0.0641. The second kappa shape index (κ2) is 10.4. The van der Waals surface area contributed by atoms with E-state index in [-0.39, 0.29) is 5.91 Å². The molecule has 0 unspecified atom stereocenters. The molecule has 0 saturated carbocycles. The van der Waals surface area contributed by atoms with Crippen molar-refractivity contribution in [3.8, 4) is 11.5 Å². The third kappa shape index (κ3) is 6.20. The molecular weight excluding hydrogens is 410 g/mol. The Kier molecular flexibility index (Phi) is 6.97. The summed E-state index contributed by atoms with van der Waals surface area (Å²) in [6, 6.07) is 25.5. The number of carbonyl (C=O) groups is 1. The first-order chi connectivity index (χ1) is 15.3. The summed E-state index contributed by atoms with van der Waals surface area (Å²) in [5.41, 5.74) is 2.92. The highest BCUT2D eigenvalue weighted by Crippen LogP contribution is 2.26. The van der Waals surface area contributed by atoms with E-state index in [0.29, 0.717) is 35.6 Å². The van der Waals surface area contributed by atoms with E-state index >= 15 is 0 Å². The van der Waals surface area contributed by atoms with Gasteiger partial charge >= 0.3 is 0 Å². The van der Waals surface area contributed by atoms with Crippen molar-refractivity contribution in [3.05, 3.63) is 95.6 Å². The smallest absolute Gasteiger partial charge is 0.236 e. The zero-order valence-electron chi connectivity index (χ0n) is 16.7. The zero-order chi connectivity index (χ0) is 21.3. The van der Waals surface area contributed by atoms with Gasteiger partial charge in [-0.2, -0.15) is 5.10 Å². The van der Waals surface area contributed by atoms with Crippen molar-refractivity contribution in [3.63, 3.8) is 0 Å². The highest BCUT2D eigenvalue weighted by molar-refractivity contribution is 8.15. The summed E-state index contributed by atoms with van der Waals surface area (Å²) in [7, 11) is 0. The van der Waals surface area contributed by atoms with Gasteiger partial charge in [0.15, 0.2) is 5.17 Å². The molecular formula is C24H21N3O3S. The van der Waals surface area contributed by atoms with E-state index in [1.807, 2.05) is 78.9 Å². The maximum atomic E-state index is 11.3. The molecule has 1 aliphatic heterocycles. The van der Waals surface area contributed by atoms with E-state index in [1.165, 1.54) is 11.8 Å². The summed E-state index contributed by atoms with van der Waals surface area (Å²) in [6.07, 6.45) is 1.61. The summed E-state index contributed by atoms with van der Waals surface area (Å²) >= 11 is 1.33. The molecule has 1 aliphatic rings. The Balaban J connectivity index is 1.50. The molecule has 0 radical (unpaired) electrons. The molecule has 7 heteroatoms. The number of amides is 1. The fourth-order valence-corrected chi connectivity index (χ4v) is 3.47. The number of nitrogens with one attached hydrogen (secondary N) is 1. The average Bonchev–Trinajstić information content (AvgIpc) is 3.23. The lowest BCUT2D eigenvalue weighted by atomic mass is 10.2. The summed E-state index contributed by atoms with van der Waals surface area (Å²) in [6.45, 7) is 0.890. The lowest BCUT2D eigenvalue weighted by Crippen LogP contribution is -2.19. The second-order valence-electron chi connectivity index (χ2n) is 6.73. The van der Waals surface area contributed by atoms with E-state index in [0.717, 1.165) is 16.7 Å². The average molecular weight is 432 g/mol. The van der Waals surface area contributed by atoms with Crippen LogP contribution in [0.4, 0.5) is 0 Å². The van der Waals surface area contributed by atoms with Gasteiger partial charge in [0.1, 0.15) is 24.7 Å². The summed E-state index contributed by atoms with van der Waals surface area (Å²) < 4.78 is 12.0. The fraction of sp³-hybridized carbons (Fsp3) is 0.125. The van der Waals surface area contributed by atoms with Crippen molar-refractivity contribution >= 4 is 29.1 Å². The van der Waals surface area contributed by atoms with Crippen LogP contribution in [0.1, 0.15) is 16.7 Å². The third-order valence-electron chi connectivity index (χ3n) is 4.40. The van der Waals surface area contributed by atoms with Crippen molar-refractivity contribution < 1.29 is 14.3 Å². The minimum Gasteiger partial charge on any atom is -0.489 e. The molecule has 1 saturated heterocycles. The maximum absolute atomic E-state index is 11.3. The number of hydrogen-bond acceptors (Lipinski definition) is 6. The fourth-order valence-electron chi connectivity index (χ4n) is 2.84. The number of carbonyl (C=O) groups excluding carboxylic acids is 1. The molecule has 3 aromatic carbocycles. The van der Waals surface area contributed by atoms with Crippen molar-refractivity contribution in [1.29, 1.82) is 0 Å². The van der Waals surface area contributed by atoms with Gasteiger partial charge in [0.2, 0.25) is 5.91 Å². The van der Waals surface area contributed by atoms with Crippen LogP contribution in [0.15, 0.2) is 89.1 Å². The largest absolute Gasteiger partial charge is 0.489 e. The van der Waals surface area contributed by atoms with Gasteiger partial charge in [-0.3, -0.25) is 4.79 Å². The van der Waals surface area contributed by atoms with Crippen LogP contribution in [0.5, 0.6) is 11.5 Å². The lowest BCUT2D eigenvalue weighted by Gasteiger charge is -2.12. The zero-order valence-corrected chi connectivity index (χ0v) is 17.5. The van der Waals surface area contributed by atoms with E-state index in [2.05, 4.69) is 15.5 Å². The van der Waals surface area contributed by atoms with Crippen LogP contribution in [0.2, 0.25) is 0 Å². The molecule has 1 amide bonds. The van der Waals surface area contributed by atoms with Crippen molar-refractivity contribution in [2.24, 2.45) is 10.2 Å². The van der Waals surface area contributed by atoms with Crippen LogP contribution >= 0.6 is 11.8 Å². The first-order valence-electron chi connectivity index (χ1n) is 9.77. The minimum atomic E-state index is -0.0641. The normalized spacial score (nSPS) is 14.7. The standard InChI is InChI=1S/C24H21N3O3S/c28-23-17-31-24(26-23)27-25-14-20-11-12-21(29-15-18-7-3-1-4-8-18)13-22(20)30-16-19-9-5-2-6-10-19/h1-14H,15-17H2,(H,26,27,28). The van der Waals surface area contributed by atoms with Gasteiger partial charge in [-0.25, -0.2) is 0 Å². The quantitative estimate of drug-likeness (QED) is 0.424. The van der Waals surface area contributed by atoms with Crippen molar-refractivity contribution in [1.82, 2.24) is 5.32 Å². The van der Waals surface area contributed by atoms with Gasteiger partial charge in [0, 0.05) is 11.6 Å². The summed E-state index contributed by atoms with van der Waals surface area (Å²) in [5, 5.41) is 11.3. The van der Waals surface area contributed by atoms with Crippen LogP contribution in [-0.2, 0) is 18.0 Å². The maximum Gasteiger partial charge on any atom is 0.236 e. The molecule has 0 aliphatic carbocycles. The molecule has 1 heterocycles. The molecule has 1 fully saturated rings. The Hall–Kier alpha value is -3.58. The van der Waals surface area contributed by atoms with Crippen LogP contribution in [0, 0.1) is 0 Å². The number of nitrogens with zero attached hydrogens (tertiary/aromatic N) is 2. The molecule has 4 rings (SSSR count). The van der Waals surface area contributed by atoms with Crippen LogP contribution < -0.4 is 14.8 Å². The van der Waals surface area contributed by atoms with Gasteiger partial charge in [-0.05, 0) is 23.3 Å². The number of ether oxygens (including phenoxy) is 2. The predicted molar refractivity (Wildman–Crippen MR) is 124 cm³/mol. The monoisotopic (exact) mass is 431 g/mol. The topological polar surface area (TPSA) is 72.3 Å². The SMILES string of the molecule is O=C1CSC(=NN=Cc2ccc(OCc3ccccc3)cc2OCc2ccccc2)N1. The third-order valence-corrected chi connectivity index (χ3v) is 5.27. The van der Waals surface area contributed by atoms with Crippen molar-refractivity contribution in [2.45, 2.75) is 13.2 Å². The summed E-state index contributed by atoms with van der Waals surface area (Å²) in [4.78, 5) is 11.3. The van der Waals surface area contributed by atoms with Crippen molar-refractivity contribution in [2.75, 3.05) is 5.75 Å². The Bertz CT molecular complexity index is 1090. The van der Waals surface area contributed by atoms with Crippen LogP contribution in [-0.4, -0.2) is 23.0 Å². The first kappa shape index (κ1) is 20.7. The first-order valence-corrected chi connectivity index (χ1v) is 10.8. The molecule has 31 heavy (non-hydrogen) atoms. The molecule has 0 spiro atoms. The predicted octanol–water partition coefficient (Wildman–Crippen LogP) is 4.40. The Labute approximate surface area is 185 Å². The number of hydrogen-bond donors (Lipinski definition) is 1. The molecule has 0 aromatic heterocycles. The Morgan fingerprint density at radius 2 is 1.58 bits per heavy atom. The molecule has 0 bridgehead atoms. The number of amidine groups is 1. The Morgan fingerprint density at radius 1 is 0.903 bits per heavy atom. The number of thioether (sulfide) groups is 1. The Morgan fingerprint density at radius 3 is 2.23 bits per heavy atom. The second-order valence-corrected chi connectivity index (χ2v) is 7.70. The molecule has 0 atom stereocenters. The highest BCUT2D eigenvalue weighted by Gasteiger charge is 2.16. The van der Waals surface area contributed by atoms with Crippen LogP contribution in [0.25, 0.3) is 0 Å². The lowest BCUT2D eigenvalue weighted by molar-refractivity contribution is -0.116. The van der Waals surface area contributed by atoms with E-state index in [4.69, 9.17) is 9.47 Å². The van der Waals surface area contributed by atoms with E-state index < -0.39 is 0 Å². The molecule has 3 aromatic rings. The molecule has 1 N–H and O–H groups in total. The van der Waals surface area contributed by atoms with Gasteiger partial charge in [0.25, 0.3) is 0 Å². The van der Waals surface area contributed by atoms with E-state index in [1.54, 1.807) is 6.21 Å². The number of benzene rings is 3. The number of rotatable bonds is 8. The van der Waals surface area contributed by atoms with Gasteiger partial charge in [-0.15, -0.1) is 5.10 Å².